The first-order chi connectivity index (χ1) is 14.6. The molecule has 1 saturated heterocycles. The molecule has 0 aliphatic carbocycles. The number of halogens is 2. The van der Waals surface area contributed by atoms with E-state index in [0.717, 1.165) is 35.9 Å². The number of aromatic nitrogens is 3. The van der Waals surface area contributed by atoms with Crippen LogP contribution in [0, 0.1) is 11.6 Å². The minimum absolute atomic E-state index is 0.173. The molecule has 5 rings (SSSR count). The van der Waals surface area contributed by atoms with Crippen LogP contribution in [0.2, 0.25) is 0 Å². The molecule has 7 heteroatoms. The zero-order valence-electron chi connectivity index (χ0n) is 16.2. The second-order valence-electron chi connectivity index (χ2n) is 7.27. The van der Waals surface area contributed by atoms with Crippen molar-refractivity contribution in [3.8, 4) is 22.5 Å². The third kappa shape index (κ3) is 3.37. The lowest BCUT2D eigenvalue weighted by atomic mass is 10.0. The summed E-state index contributed by atoms with van der Waals surface area (Å²) in [6.45, 7) is 1.48. The predicted octanol–water partition coefficient (Wildman–Crippen LogP) is 4.47. The molecule has 30 heavy (non-hydrogen) atoms. The first kappa shape index (κ1) is 18.6. The van der Waals surface area contributed by atoms with Crippen molar-refractivity contribution in [1.29, 1.82) is 0 Å². The normalized spacial score (nSPS) is 14.2. The summed E-state index contributed by atoms with van der Waals surface area (Å²) in [5, 5.41) is 0.873. The molecule has 0 atom stereocenters. The standard InChI is InChI=1S/C23H18F2N4O/c1-30-19-12-29(13-19)23-20-5-4-14(16-7-17(24)10-18(25)8-16)9-21(20)27-22(28-23)15-3-2-6-26-11-15/h2-11,19H,12-13H2,1H3. The number of pyridine rings is 1. The minimum Gasteiger partial charge on any atom is -0.378 e. The van der Waals surface area contributed by atoms with Crippen LogP contribution in [0.3, 0.4) is 0 Å². The smallest absolute Gasteiger partial charge is 0.163 e. The molecule has 4 aromatic rings. The van der Waals surface area contributed by atoms with Gasteiger partial charge in [0.2, 0.25) is 0 Å². The van der Waals surface area contributed by atoms with Gasteiger partial charge in [-0.1, -0.05) is 6.07 Å². The molecule has 0 amide bonds. The Morgan fingerprint density at radius 2 is 1.73 bits per heavy atom. The van der Waals surface area contributed by atoms with Crippen LogP contribution in [0.15, 0.2) is 60.9 Å². The van der Waals surface area contributed by atoms with Gasteiger partial charge in [0.05, 0.1) is 11.6 Å². The van der Waals surface area contributed by atoms with Gasteiger partial charge in [-0.05, 0) is 47.5 Å². The molecule has 3 heterocycles. The van der Waals surface area contributed by atoms with Crippen LogP contribution < -0.4 is 4.90 Å². The van der Waals surface area contributed by atoms with Gasteiger partial charge < -0.3 is 9.64 Å². The molecule has 0 saturated carbocycles. The van der Waals surface area contributed by atoms with Gasteiger partial charge in [0.15, 0.2) is 5.82 Å². The average molecular weight is 404 g/mol. The van der Waals surface area contributed by atoms with Crippen LogP contribution in [0.25, 0.3) is 33.4 Å². The Labute approximate surface area is 172 Å². The van der Waals surface area contributed by atoms with Gasteiger partial charge in [-0.25, -0.2) is 18.7 Å². The summed E-state index contributed by atoms with van der Waals surface area (Å²) in [4.78, 5) is 15.8. The van der Waals surface area contributed by atoms with Crippen LogP contribution in [0.5, 0.6) is 0 Å². The summed E-state index contributed by atoms with van der Waals surface area (Å²) < 4.78 is 32.8. The Kier molecular flexibility index (Phi) is 4.59. The molecule has 150 valence electrons. The summed E-state index contributed by atoms with van der Waals surface area (Å²) in [6, 6.07) is 12.8. The minimum atomic E-state index is -0.615. The second kappa shape index (κ2) is 7.42. The van der Waals surface area contributed by atoms with E-state index in [0.29, 0.717) is 22.5 Å². The van der Waals surface area contributed by atoms with Gasteiger partial charge in [0.25, 0.3) is 0 Å². The van der Waals surface area contributed by atoms with Crippen molar-refractivity contribution < 1.29 is 13.5 Å². The number of benzene rings is 2. The van der Waals surface area contributed by atoms with Gasteiger partial charge in [-0.2, -0.15) is 0 Å². The third-order valence-corrected chi connectivity index (χ3v) is 5.27. The molecular weight excluding hydrogens is 386 g/mol. The van der Waals surface area contributed by atoms with Crippen molar-refractivity contribution in [2.24, 2.45) is 0 Å². The zero-order valence-corrected chi connectivity index (χ0v) is 16.2. The molecule has 2 aromatic carbocycles. The van der Waals surface area contributed by atoms with Gasteiger partial charge in [0, 0.05) is 49.6 Å². The van der Waals surface area contributed by atoms with Crippen molar-refractivity contribution in [3.05, 3.63) is 72.6 Å². The van der Waals surface area contributed by atoms with Crippen molar-refractivity contribution >= 4 is 16.7 Å². The fourth-order valence-electron chi connectivity index (χ4n) is 3.64. The largest absolute Gasteiger partial charge is 0.378 e. The monoisotopic (exact) mass is 404 g/mol. The molecule has 0 unspecified atom stereocenters. The maximum Gasteiger partial charge on any atom is 0.163 e. The van der Waals surface area contributed by atoms with E-state index in [9.17, 15) is 8.78 Å². The van der Waals surface area contributed by atoms with Crippen LogP contribution >= 0.6 is 0 Å². The molecular formula is C23H18F2N4O. The second-order valence-corrected chi connectivity index (χ2v) is 7.27. The number of nitrogens with zero attached hydrogens (tertiary/aromatic N) is 4. The zero-order chi connectivity index (χ0) is 20.7. The molecule has 0 bridgehead atoms. The Bertz CT molecular complexity index is 1210. The molecule has 1 aliphatic heterocycles. The molecule has 0 spiro atoms. The quantitative estimate of drug-likeness (QED) is 0.502. The SMILES string of the molecule is COC1CN(c2nc(-c3cccnc3)nc3cc(-c4cc(F)cc(F)c4)ccc23)C1. The van der Waals surface area contributed by atoms with E-state index in [-0.39, 0.29) is 6.10 Å². The number of hydrogen-bond acceptors (Lipinski definition) is 5. The van der Waals surface area contributed by atoms with Crippen LogP contribution in [-0.4, -0.2) is 41.3 Å². The lowest BCUT2D eigenvalue weighted by Gasteiger charge is -2.39. The highest BCUT2D eigenvalue weighted by atomic mass is 19.1. The van der Waals surface area contributed by atoms with Crippen molar-refractivity contribution in [2.45, 2.75) is 6.10 Å². The number of hydrogen-bond donors (Lipinski definition) is 0. The number of rotatable bonds is 4. The summed E-state index contributed by atoms with van der Waals surface area (Å²) in [6.07, 6.45) is 3.58. The molecule has 0 radical (unpaired) electrons. The number of anilines is 1. The highest BCUT2D eigenvalue weighted by molar-refractivity contribution is 5.94. The highest BCUT2D eigenvalue weighted by Gasteiger charge is 2.29. The van der Waals surface area contributed by atoms with E-state index in [1.807, 2.05) is 30.3 Å². The fraction of sp³-hybridized carbons (Fsp3) is 0.174. The van der Waals surface area contributed by atoms with Gasteiger partial charge in [0.1, 0.15) is 17.5 Å². The van der Waals surface area contributed by atoms with Crippen molar-refractivity contribution in [1.82, 2.24) is 15.0 Å². The Morgan fingerprint density at radius 1 is 0.933 bits per heavy atom. The summed E-state index contributed by atoms with van der Waals surface area (Å²) >= 11 is 0. The summed E-state index contributed by atoms with van der Waals surface area (Å²) in [5.41, 5.74) is 2.63. The molecule has 2 aromatic heterocycles. The molecule has 0 N–H and O–H groups in total. The molecule has 5 nitrogen and oxygen atoms in total. The average Bonchev–Trinajstić information content (AvgIpc) is 2.72. The summed E-state index contributed by atoms with van der Waals surface area (Å²) in [5.74, 6) is 0.129. The fourth-order valence-corrected chi connectivity index (χ4v) is 3.64. The third-order valence-electron chi connectivity index (χ3n) is 5.27. The predicted molar refractivity (Wildman–Crippen MR) is 111 cm³/mol. The maximum absolute atomic E-state index is 13.7. The lowest BCUT2D eigenvalue weighted by molar-refractivity contribution is 0.0785. The first-order valence-corrected chi connectivity index (χ1v) is 9.57. The van der Waals surface area contributed by atoms with Gasteiger partial charge in [-0.3, -0.25) is 4.98 Å². The van der Waals surface area contributed by atoms with E-state index in [1.165, 1.54) is 12.1 Å². The van der Waals surface area contributed by atoms with Crippen LogP contribution in [0.4, 0.5) is 14.6 Å². The summed E-state index contributed by atoms with van der Waals surface area (Å²) in [7, 11) is 1.70. The van der Waals surface area contributed by atoms with Crippen LogP contribution in [0.1, 0.15) is 0 Å². The van der Waals surface area contributed by atoms with Crippen molar-refractivity contribution in [3.63, 3.8) is 0 Å². The topological polar surface area (TPSA) is 51.1 Å². The molecule has 1 fully saturated rings. The van der Waals surface area contributed by atoms with Gasteiger partial charge >= 0.3 is 0 Å². The van der Waals surface area contributed by atoms with Crippen LogP contribution in [-0.2, 0) is 4.74 Å². The Balaban J connectivity index is 1.66. The van der Waals surface area contributed by atoms with Gasteiger partial charge in [-0.15, -0.1) is 0 Å². The maximum atomic E-state index is 13.7. The van der Waals surface area contributed by atoms with Crippen molar-refractivity contribution in [2.75, 3.05) is 25.1 Å². The van der Waals surface area contributed by atoms with E-state index < -0.39 is 11.6 Å². The Morgan fingerprint density at radius 3 is 2.43 bits per heavy atom. The Hall–Kier alpha value is -3.45. The first-order valence-electron chi connectivity index (χ1n) is 9.57. The van der Waals surface area contributed by atoms with E-state index in [1.54, 1.807) is 19.5 Å². The number of fused-ring (bicyclic) bond motifs is 1. The van der Waals surface area contributed by atoms with E-state index >= 15 is 0 Å². The van der Waals surface area contributed by atoms with E-state index in [4.69, 9.17) is 14.7 Å². The lowest BCUT2D eigenvalue weighted by Crippen LogP contribution is -2.52. The van der Waals surface area contributed by atoms with E-state index in [2.05, 4.69) is 9.88 Å². The molecule has 1 aliphatic rings. The highest BCUT2D eigenvalue weighted by Crippen LogP contribution is 2.33. The number of ether oxygens (including phenoxy) is 1. The number of methoxy groups -OCH3 is 1.